The van der Waals surface area contributed by atoms with Crippen molar-refractivity contribution < 1.29 is 19.1 Å². The highest BCUT2D eigenvalue weighted by Gasteiger charge is 2.22. The molecule has 0 unspecified atom stereocenters. The second-order valence-corrected chi connectivity index (χ2v) is 3.54. The number of esters is 1. The molecule has 92 valence electrons. The average molecular weight is 236 g/mol. The Hall–Kier alpha value is -1.84. The Balaban J connectivity index is 2.42. The van der Waals surface area contributed by atoms with Crippen molar-refractivity contribution in [3.63, 3.8) is 0 Å². The summed E-state index contributed by atoms with van der Waals surface area (Å²) in [6, 6.07) is 8.99. The van der Waals surface area contributed by atoms with Gasteiger partial charge in [0.05, 0.1) is 6.61 Å². The Morgan fingerprint density at radius 2 is 1.88 bits per heavy atom. The number of carbonyl (C=O) groups is 2. The van der Waals surface area contributed by atoms with Crippen molar-refractivity contribution in [1.29, 1.82) is 0 Å². The van der Waals surface area contributed by atoms with Crippen LogP contribution in [0.15, 0.2) is 30.3 Å². The largest absolute Gasteiger partial charge is 0.486 e. The number of benzene rings is 1. The third-order valence-electron chi connectivity index (χ3n) is 2.25. The van der Waals surface area contributed by atoms with E-state index in [1.807, 2.05) is 18.2 Å². The predicted molar refractivity (Wildman–Crippen MR) is 62.7 cm³/mol. The molecule has 4 heteroatoms. The van der Waals surface area contributed by atoms with Crippen molar-refractivity contribution in [2.75, 3.05) is 13.2 Å². The molecule has 0 radical (unpaired) electrons. The summed E-state index contributed by atoms with van der Waals surface area (Å²) in [6.07, 6.45) is 0. The summed E-state index contributed by atoms with van der Waals surface area (Å²) in [7, 11) is 0. The van der Waals surface area contributed by atoms with Gasteiger partial charge in [-0.15, -0.1) is 0 Å². The van der Waals surface area contributed by atoms with Crippen LogP contribution in [0.5, 0.6) is 5.75 Å². The lowest BCUT2D eigenvalue weighted by molar-refractivity contribution is -0.151. The predicted octanol–water partition coefficient (Wildman–Crippen LogP) is 1.83. The first kappa shape index (κ1) is 13.2. The van der Waals surface area contributed by atoms with Crippen LogP contribution < -0.4 is 4.74 Å². The molecule has 0 saturated carbocycles. The fraction of sp³-hybridized carbons (Fsp3) is 0.385. The highest BCUT2D eigenvalue weighted by atomic mass is 16.5. The number of ether oxygens (including phenoxy) is 2. The first-order valence-corrected chi connectivity index (χ1v) is 5.52. The van der Waals surface area contributed by atoms with Crippen molar-refractivity contribution >= 4 is 11.8 Å². The summed E-state index contributed by atoms with van der Waals surface area (Å²) < 4.78 is 10.0. The van der Waals surface area contributed by atoms with E-state index < -0.39 is 11.9 Å². The zero-order valence-electron chi connectivity index (χ0n) is 10.0. The normalized spacial score (nSPS) is 11.6. The molecule has 0 amide bonds. The minimum atomic E-state index is -0.779. The number of rotatable bonds is 6. The number of para-hydroxylation sites is 1. The second-order valence-electron chi connectivity index (χ2n) is 3.54. The Morgan fingerprint density at radius 1 is 1.24 bits per heavy atom. The quantitative estimate of drug-likeness (QED) is 0.558. The smallest absolute Gasteiger partial charge is 0.316 e. The van der Waals surface area contributed by atoms with Crippen molar-refractivity contribution in [2.45, 2.75) is 13.8 Å². The third-order valence-corrected chi connectivity index (χ3v) is 2.25. The van der Waals surface area contributed by atoms with E-state index in [-0.39, 0.29) is 19.0 Å². The van der Waals surface area contributed by atoms with E-state index in [0.717, 1.165) is 0 Å². The molecule has 0 heterocycles. The van der Waals surface area contributed by atoms with Gasteiger partial charge < -0.3 is 9.47 Å². The Bertz CT molecular complexity index is 372. The first-order valence-electron chi connectivity index (χ1n) is 5.52. The second kappa shape index (κ2) is 6.68. The van der Waals surface area contributed by atoms with E-state index in [1.165, 1.54) is 6.92 Å². The van der Waals surface area contributed by atoms with Gasteiger partial charge in [0.15, 0.2) is 5.78 Å². The number of hydrogen-bond donors (Lipinski definition) is 0. The van der Waals surface area contributed by atoms with Gasteiger partial charge in [-0.1, -0.05) is 18.2 Å². The molecule has 1 aromatic carbocycles. The fourth-order valence-electron chi connectivity index (χ4n) is 1.19. The van der Waals surface area contributed by atoms with Crippen LogP contribution in [0, 0.1) is 5.92 Å². The summed E-state index contributed by atoms with van der Waals surface area (Å²) >= 11 is 0. The van der Waals surface area contributed by atoms with Gasteiger partial charge in [0.25, 0.3) is 0 Å². The zero-order chi connectivity index (χ0) is 12.7. The van der Waals surface area contributed by atoms with Crippen LogP contribution in [0.3, 0.4) is 0 Å². The monoisotopic (exact) mass is 236 g/mol. The van der Waals surface area contributed by atoms with E-state index >= 15 is 0 Å². The summed E-state index contributed by atoms with van der Waals surface area (Å²) in [4.78, 5) is 22.9. The van der Waals surface area contributed by atoms with Crippen LogP contribution in [0.25, 0.3) is 0 Å². The summed E-state index contributed by atoms with van der Waals surface area (Å²) in [5.41, 5.74) is 0. The number of hydrogen-bond acceptors (Lipinski definition) is 4. The lowest BCUT2D eigenvalue weighted by Gasteiger charge is -2.10. The van der Waals surface area contributed by atoms with Crippen molar-refractivity contribution in [3.8, 4) is 5.75 Å². The molecule has 0 fully saturated rings. The topological polar surface area (TPSA) is 52.6 Å². The Labute approximate surface area is 101 Å². The standard InChI is InChI=1S/C13H16O4/c1-3-16-13(15)10(2)12(14)9-17-11-7-5-4-6-8-11/h4-8,10H,3,9H2,1-2H3/t10-/m0/s1. The van der Waals surface area contributed by atoms with Crippen molar-refractivity contribution in [3.05, 3.63) is 30.3 Å². The van der Waals surface area contributed by atoms with E-state index in [0.29, 0.717) is 5.75 Å². The molecular formula is C13H16O4. The molecule has 0 aliphatic rings. The van der Waals surface area contributed by atoms with Gasteiger partial charge in [-0.3, -0.25) is 9.59 Å². The molecule has 0 spiro atoms. The summed E-state index contributed by atoms with van der Waals surface area (Å²) in [5, 5.41) is 0. The molecule has 0 bridgehead atoms. The van der Waals surface area contributed by atoms with Gasteiger partial charge in [-0.2, -0.15) is 0 Å². The molecule has 4 nitrogen and oxygen atoms in total. The van der Waals surface area contributed by atoms with Gasteiger partial charge in [0, 0.05) is 0 Å². The van der Waals surface area contributed by atoms with Crippen LogP contribution in [-0.2, 0) is 14.3 Å². The number of Topliss-reactive ketones (excluding diaryl/α,β-unsaturated/α-hetero) is 1. The molecule has 0 aromatic heterocycles. The van der Waals surface area contributed by atoms with E-state index in [4.69, 9.17) is 9.47 Å². The maximum atomic E-state index is 11.6. The number of ketones is 1. The van der Waals surface area contributed by atoms with Gasteiger partial charge >= 0.3 is 5.97 Å². The summed E-state index contributed by atoms with van der Waals surface area (Å²) in [5.74, 6) is -0.961. The maximum absolute atomic E-state index is 11.6. The van der Waals surface area contributed by atoms with E-state index in [2.05, 4.69) is 0 Å². The molecule has 1 atom stereocenters. The number of carbonyl (C=O) groups excluding carboxylic acids is 2. The maximum Gasteiger partial charge on any atom is 0.316 e. The SMILES string of the molecule is CCOC(=O)[C@@H](C)C(=O)COc1ccccc1. The van der Waals surface area contributed by atoms with Gasteiger partial charge in [-0.05, 0) is 26.0 Å². The molecule has 17 heavy (non-hydrogen) atoms. The minimum Gasteiger partial charge on any atom is -0.486 e. The highest BCUT2D eigenvalue weighted by Crippen LogP contribution is 2.09. The molecular weight excluding hydrogens is 220 g/mol. The molecule has 1 aromatic rings. The van der Waals surface area contributed by atoms with Crippen LogP contribution in [0.1, 0.15) is 13.8 Å². The Morgan fingerprint density at radius 3 is 2.47 bits per heavy atom. The lowest BCUT2D eigenvalue weighted by Crippen LogP contribution is -2.27. The van der Waals surface area contributed by atoms with Crippen LogP contribution in [-0.4, -0.2) is 25.0 Å². The van der Waals surface area contributed by atoms with E-state index in [9.17, 15) is 9.59 Å². The molecule has 0 saturated heterocycles. The third kappa shape index (κ3) is 4.26. The summed E-state index contributed by atoms with van der Waals surface area (Å²) in [6.45, 7) is 3.38. The first-order chi connectivity index (χ1) is 8.15. The molecule has 0 aliphatic carbocycles. The van der Waals surface area contributed by atoms with Crippen LogP contribution in [0.2, 0.25) is 0 Å². The van der Waals surface area contributed by atoms with Gasteiger partial charge in [0.1, 0.15) is 18.3 Å². The van der Waals surface area contributed by atoms with Gasteiger partial charge in [-0.25, -0.2) is 0 Å². The highest BCUT2D eigenvalue weighted by molar-refractivity contribution is 5.99. The van der Waals surface area contributed by atoms with Crippen molar-refractivity contribution in [1.82, 2.24) is 0 Å². The molecule has 1 rings (SSSR count). The Kier molecular flexibility index (Phi) is 5.20. The lowest BCUT2D eigenvalue weighted by atomic mass is 10.1. The van der Waals surface area contributed by atoms with Crippen molar-refractivity contribution in [2.24, 2.45) is 5.92 Å². The average Bonchev–Trinajstić information content (AvgIpc) is 2.36. The minimum absolute atomic E-state index is 0.121. The molecule has 0 N–H and O–H groups in total. The molecule has 0 aliphatic heterocycles. The van der Waals surface area contributed by atoms with Crippen LogP contribution in [0.4, 0.5) is 0 Å². The van der Waals surface area contributed by atoms with E-state index in [1.54, 1.807) is 19.1 Å². The fourth-order valence-corrected chi connectivity index (χ4v) is 1.19. The zero-order valence-corrected chi connectivity index (χ0v) is 10.0. The van der Waals surface area contributed by atoms with Gasteiger partial charge in [0.2, 0.25) is 0 Å². The van der Waals surface area contributed by atoms with Crippen LogP contribution >= 0.6 is 0 Å².